The standard InChI is InChI=1S/C22H21N5O2.C21H20N6O2.C19H22N4O2.C17H17FN4O3/c1-14(2)27-20-10-7-16(17-4-3-11-23-13-17)12-19(20)25-22(27)24-18-8-5-15(6-9-18)21(28)26-29;1-13(2)27-19-8-5-15(16-10-22-12-23-11-16)9-18(19)25-21(27)24-17-6-3-14(4-7-17)20(28)26-29;1-3-15(4-2)23-17-8-6-5-7-16(17)21-19(23)20-14-11-9-13(10-12-14)18(24)22-25;1-25-9-8-22-15-10-12(18)4-7-14(15)20-17(22)19-13-5-2-11(3-6-13)16(23)21-24/h3-14,29H,1-2H3,(H,24,25)(H,26,28);3-13,29H,1-2H3,(H,24,25)(H,26,28);5-12,15,25H,3-4H2,1-2H3,(H,20,21)(H,22,24);2-7,10,24H,8-9H2,1H3,(H,19,20)(H,21,23). The van der Waals surface area contributed by atoms with Crippen molar-refractivity contribution in [1.82, 2.24) is 75.1 Å². The van der Waals surface area contributed by atoms with Gasteiger partial charge in [0.1, 0.15) is 12.1 Å². The van der Waals surface area contributed by atoms with Crippen LogP contribution in [0.25, 0.3) is 66.4 Å². The summed E-state index contributed by atoms with van der Waals surface area (Å²) in [5, 5.41) is 48.0. The average molecular weight is 1460 g/mol. The fraction of sp³-hybridized carbons (Fsp3) is 0.177. The number of amides is 4. The van der Waals surface area contributed by atoms with Crippen LogP contribution in [0.4, 0.5) is 50.9 Å². The lowest BCUT2D eigenvalue weighted by Gasteiger charge is -2.19. The zero-order chi connectivity index (χ0) is 76.4. The minimum atomic E-state index is -0.589. The van der Waals surface area contributed by atoms with E-state index in [1.807, 2.05) is 59.3 Å². The Morgan fingerprint density at radius 2 is 0.815 bits per heavy atom. The molecule has 0 aliphatic carbocycles. The van der Waals surface area contributed by atoms with Crippen molar-refractivity contribution >= 4 is 114 Å². The molecule has 12 N–H and O–H groups in total. The van der Waals surface area contributed by atoms with Crippen LogP contribution >= 0.6 is 0 Å². The summed E-state index contributed by atoms with van der Waals surface area (Å²) in [5.74, 6) is 0.194. The molecule has 0 bridgehead atoms. The summed E-state index contributed by atoms with van der Waals surface area (Å²) < 4.78 is 27.0. The summed E-state index contributed by atoms with van der Waals surface area (Å²) in [6, 6.07) is 56.5. The molecule has 4 amide bonds. The first kappa shape index (κ1) is 75.8. The summed E-state index contributed by atoms with van der Waals surface area (Å²) in [7, 11) is 1.59. The third kappa shape index (κ3) is 17.9. The number of ether oxygens (including phenoxy) is 1. The molecule has 0 radical (unpaired) electrons. The van der Waals surface area contributed by atoms with E-state index < -0.39 is 23.6 Å². The van der Waals surface area contributed by atoms with E-state index in [9.17, 15) is 23.6 Å². The average Bonchev–Trinajstić information content (AvgIpc) is 1.65. The lowest BCUT2D eigenvalue weighted by atomic mass is 10.1. The first-order valence-corrected chi connectivity index (χ1v) is 34.5. The molecule has 552 valence electrons. The first-order chi connectivity index (χ1) is 52.4. The minimum absolute atomic E-state index is 0.188. The zero-order valence-corrected chi connectivity index (χ0v) is 60.0. The second-order valence-corrected chi connectivity index (χ2v) is 25.1. The maximum atomic E-state index is 13.6. The molecule has 8 aromatic carbocycles. The second kappa shape index (κ2) is 35.4. The van der Waals surface area contributed by atoms with Gasteiger partial charge in [-0.1, -0.05) is 44.2 Å². The van der Waals surface area contributed by atoms with Crippen molar-refractivity contribution in [3.8, 4) is 22.3 Å². The Kier molecular flexibility index (Phi) is 24.9. The van der Waals surface area contributed by atoms with Crippen molar-refractivity contribution in [3.63, 3.8) is 0 Å². The van der Waals surface area contributed by atoms with Crippen molar-refractivity contribution in [2.45, 2.75) is 79.1 Å². The largest absolute Gasteiger partial charge is 0.383 e. The predicted octanol–water partition coefficient (Wildman–Crippen LogP) is 15.4. The summed E-state index contributed by atoms with van der Waals surface area (Å²) in [5.41, 5.74) is 22.2. The van der Waals surface area contributed by atoms with Gasteiger partial charge in [0.25, 0.3) is 23.6 Å². The maximum absolute atomic E-state index is 13.6. The van der Waals surface area contributed by atoms with E-state index in [2.05, 4.69) is 121 Å². The highest BCUT2D eigenvalue weighted by molar-refractivity contribution is 5.96. The fourth-order valence-electron chi connectivity index (χ4n) is 12.1. The second-order valence-electron chi connectivity index (χ2n) is 25.1. The minimum Gasteiger partial charge on any atom is -0.383 e. The molecule has 6 heterocycles. The Labute approximate surface area is 619 Å². The van der Waals surface area contributed by atoms with Gasteiger partial charge in [0.15, 0.2) is 0 Å². The highest BCUT2D eigenvalue weighted by Gasteiger charge is 2.21. The number of anilines is 8. The zero-order valence-electron chi connectivity index (χ0n) is 60.0. The monoisotopic (exact) mass is 1460 g/mol. The number of methoxy groups -OCH3 is 1. The Hall–Kier alpha value is -13.3. The van der Waals surface area contributed by atoms with E-state index in [0.717, 1.165) is 97.2 Å². The number of pyridine rings is 1. The van der Waals surface area contributed by atoms with Gasteiger partial charge in [0.2, 0.25) is 23.8 Å². The van der Waals surface area contributed by atoms with E-state index in [0.29, 0.717) is 70.1 Å². The number of hydrogen-bond donors (Lipinski definition) is 12. The third-order valence-corrected chi connectivity index (χ3v) is 17.5. The fourth-order valence-corrected chi connectivity index (χ4v) is 12.1. The van der Waals surface area contributed by atoms with E-state index >= 15 is 0 Å². The number of nitrogens with one attached hydrogen (secondary N) is 8. The summed E-state index contributed by atoms with van der Waals surface area (Å²) in [6.07, 6.45) is 10.7. The number of imidazole rings is 4. The molecule has 0 aliphatic heterocycles. The van der Waals surface area contributed by atoms with Crippen LogP contribution in [0.1, 0.15) is 114 Å². The van der Waals surface area contributed by atoms with E-state index in [1.165, 1.54) is 18.5 Å². The lowest BCUT2D eigenvalue weighted by molar-refractivity contribution is 0.0702. The van der Waals surface area contributed by atoms with Crippen molar-refractivity contribution in [2.24, 2.45) is 0 Å². The lowest BCUT2D eigenvalue weighted by Crippen LogP contribution is -2.18. The molecule has 108 heavy (non-hydrogen) atoms. The Bertz CT molecular complexity index is 5220. The van der Waals surface area contributed by atoms with Gasteiger partial charge in [-0.15, -0.1) is 0 Å². The molecule has 0 aliphatic rings. The highest BCUT2D eigenvalue weighted by Crippen LogP contribution is 2.35. The molecule has 0 atom stereocenters. The number of fused-ring (bicyclic) bond motifs is 4. The number of rotatable bonds is 22. The number of carbonyl (C=O) groups excluding carboxylic acids is 4. The Balaban J connectivity index is 0.000000144. The van der Waals surface area contributed by atoms with Crippen LogP contribution in [0.3, 0.4) is 0 Å². The number of hydroxylamine groups is 4. The molecular weight excluding hydrogens is 1380 g/mol. The van der Waals surface area contributed by atoms with E-state index in [1.54, 1.807) is 151 Å². The number of halogens is 1. The summed E-state index contributed by atoms with van der Waals surface area (Å²) in [6.45, 7) is 13.7. The van der Waals surface area contributed by atoms with Crippen LogP contribution in [-0.4, -0.2) is 111 Å². The van der Waals surface area contributed by atoms with Crippen LogP contribution in [0.15, 0.2) is 219 Å². The topological polar surface area (TPSA) is 365 Å². The van der Waals surface area contributed by atoms with Crippen LogP contribution < -0.4 is 43.2 Å². The van der Waals surface area contributed by atoms with Gasteiger partial charge in [0, 0.05) is 113 Å². The molecule has 0 saturated heterocycles. The molecule has 29 heteroatoms. The predicted molar refractivity (Wildman–Crippen MR) is 411 cm³/mol. The van der Waals surface area contributed by atoms with Gasteiger partial charge in [-0.25, -0.2) is 56.2 Å². The van der Waals surface area contributed by atoms with Gasteiger partial charge >= 0.3 is 0 Å². The van der Waals surface area contributed by atoms with Crippen molar-refractivity contribution in [3.05, 3.63) is 247 Å². The maximum Gasteiger partial charge on any atom is 0.274 e. The number of benzene rings is 8. The van der Waals surface area contributed by atoms with Gasteiger partial charge in [-0.05, 0) is 209 Å². The van der Waals surface area contributed by atoms with Crippen molar-refractivity contribution in [2.75, 3.05) is 35.0 Å². The van der Waals surface area contributed by atoms with Gasteiger partial charge in [0.05, 0.1) is 50.7 Å². The van der Waals surface area contributed by atoms with Crippen LogP contribution in [0.5, 0.6) is 0 Å². The van der Waals surface area contributed by atoms with Gasteiger partial charge in [-0.2, -0.15) is 0 Å². The highest BCUT2D eigenvalue weighted by atomic mass is 19.1. The number of para-hydroxylation sites is 2. The molecule has 0 spiro atoms. The normalized spacial score (nSPS) is 11.0. The molecule has 6 aromatic heterocycles. The van der Waals surface area contributed by atoms with Crippen LogP contribution in [0, 0.1) is 5.82 Å². The number of carbonyl (C=O) groups is 4. The molecule has 14 rings (SSSR count). The Morgan fingerprint density at radius 3 is 1.24 bits per heavy atom. The van der Waals surface area contributed by atoms with Crippen molar-refractivity contribution in [1.29, 1.82) is 0 Å². The molecule has 0 unspecified atom stereocenters. The van der Waals surface area contributed by atoms with Crippen LogP contribution in [-0.2, 0) is 11.3 Å². The summed E-state index contributed by atoms with van der Waals surface area (Å²) >= 11 is 0. The summed E-state index contributed by atoms with van der Waals surface area (Å²) in [4.78, 5) is 76.9. The van der Waals surface area contributed by atoms with Gasteiger partial charge in [-0.3, -0.25) is 45.0 Å². The molecule has 0 fully saturated rings. The van der Waals surface area contributed by atoms with E-state index in [4.69, 9.17) is 40.5 Å². The quantitative estimate of drug-likeness (QED) is 0.0221. The molecule has 14 aromatic rings. The van der Waals surface area contributed by atoms with E-state index in [-0.39, 0.29) is 17.9 Å². The number of nitrogens with zero attached hydrogens (tertiary/aromatic N) is 11. The first-order valence-electron chi connectivity index (χ1n) is 34.5. The van der Waals surface area contributed by atoms with Crippen molar-refractivity contribution < 1.29 is 49.1 Å². The third-order valence-electron chi connectivity index (χ3n) is 17.5. The SMILES string of the molecule is CC(C)n1c(Nc2ccc(C(=O)NO)cc2)nc2cc(-c3cccnc3)ccc21.CC(C)n1c(Nc2ccc(C(=O)NO)cc2)nc2cc(-c3cncnc3)ccc21.CCC(CC)n1c(Nc2ccc(C(=O)NO)cc2)nc2ccccc21.COCCn1c(Nc2ccc(C(=O)NO)cc2)nc2ccc(F)cc21. The number of hydrogen-bond acceptors (Lipinski definition) is 20. The molecule has 28 nitrogen and oxygen atoms in total. The van der Waals surface area contributed by atoms with Crippen LogP contribution in [0.2, 0.25) is 0 Å². The Morgan fingerprint density at radius 1 is 0.417 bits per heavy atom. The molecular formula is C79H80FN19O9. The molecule has 0 saturated carbocycles. The van der Waals surface area contributed by atoms with Gasteiger partial charge < -0.3 is 44.3 Å². The number of aromatic nitrogens is 11. The smallest absolute Gasteiger partial charge is 0.274 e.